The lowest BCUT2D eigenvalue weighted by atomic mass is 9.80. The molecule has 0 amide bonds. The van der Waals surface area contributed by atoms with E-state index < -0.39 is 7.12 Å². The molecule has 28 heavy (non-hydrogen) atoms. The second kappa shape index (κ2) is 9.17. The number of hydrogen-bond acceptors (Lipinski definition) is 6. The summed E-state index contributed by atoms with van der Waals surface area (Å²) in [5, 5.41) is 26.9. The van der Waals surface area contributed by atoms with Crippen molar-refractivity contribution in [2.24, 2.45) is 10.2 Å². The molecule has 0 aliphatic heterocycles. The van der Waals surface area contributed by atoms with Gasteiger partial charge in [0.15, 0.2) is 0 Å². The first kappa shape index (κ1) is 19.6. The Bertz CT molecular complexity index is 926. The standard InChI is InChI=1S/C21H22BN3O3/c1-25(2)20-10-6-18(7-11-20)23-24-19-8-12-21(13-9-19)28-15-16-4-3-5-17(14-16)22(26)27/h3-14,26-27H,15H2,1-2H3. The number of benzene rings is 3. The summed E-state index contributed by atoms with van der Waals surface area (Å²) in [5.74, 6) is 0.698. The SMILES string of the molecule is CN(C)c1ccc(N=Nc2ccc(OCc3cccc(B(O)O)c3)cc2)cc1. The predicted octanol–water partition coefficient (Wildman–Crippen LogP) is 3.43. The Morgan fingerprint density at radius 3 is 2.04 bits per heavy atom. The summed E-state index contributed by atoms with van der Waals surface area (Å²) >= 11 is 0. The monoisotopic (exact) mass is 375 g/mol. The number of anilines is 1. The first-order chi connectivity index (χ1) is 13.5. The molecule has 0 aliphatic rings. The van der Waals surface area contributed by atoms with Crippen LogP contribution in [0.3, 0.4) is 0 Å². The maximum Gasteiger partial charge on any atom is 0.488 e. The fraction of sp³-hybridized carbons (Fsp3) is 0.143. The lowest BCUT2D eigenvalue weighted by molar-refractivity contribution is 0.306. The molecule has 3 rings (SSSR count). The van der Waals surface area contributed by atoms with Crippen LogP contribution in [-0.4, -0.2) is 31.3 Å². The topological polar surface area (TPSA) is 77.7 Å². The highest BCUT2D eigenvalue weighted by molar-refractivity contribution is 6.58. The van der Waals surface area contributed by atoms with Crippen LogP contribution in [0.1, 0.15) is 5.56 Å². The minimum atomic E-state index is -1.48. The van der Waals surface area contributed by atoms with Gasteiger partial charge in [-0.15, -0.1) is 0 Å². The van der Waals surface area contributed by atoms with Crippen LogP contribution in [0.4, 0.5) is 17.1 Å². The number of ether oxygens (including phenoxy) is 1. The Morgan fingerprint density at radius 2 is 1.46 bits per heavy atom. The Hall–Kier alpha value is -3.16. The van der Waals surface area contributed by atoms with Gasteiger partial charge in [0.25, 0.3) is 0 Å². The molecular weight excluding hydrogens is 353 g/mol. The van der Waals surface area contributed by atoms with Gasteiger partial charge in [-0.25, -0.2) is 0 Å². The number of nitrogens with zero attached hydrogens (tertiary/aromatic N) is 3. The molecule has 0 radical (unpaired) electrons. The van der Waals surface area contributed by atoms with Crippen LogP contribution >= 0.6 is 0 Å². The summed E-state index contributed by atoms with van der Waals surface area (Å²) in [4.78, 5) is 2.03. The molecule has 0 saturated carbocycles. The molecular formula is C21H22BN3O3. The van der Waals surface area contributed by atoms with E-state index in [0.717, 1.165) is 22.6 Å². The van der Waals surface area contributed by atoms with E-state index in [9.17, 15) is 10.0 Å². The Balaban J connectivity index is 1.58. The van der Waals surface area contributed by atoms with Gasteiger partial charge in [0, 0.05) is 19.8 Å². The van der Waals surface area contributed by atoms with E-state index in [4.69, 9.17) is 4.74 Å². The van der Waals surface area contributed by atoms with E-state index in [1.807, 2.05) is 73.6 Å². The van der Waals surface area contributed by atoms with Crippen LogP contribution in [-0.2, 0) is 6.61 Å². The predicted molar refractivity (Wildman–Crippen MR) is 112 cm³/mol. The summed E-state index contributed by atoms with van der Waals surface area (Å²) in [7, 11) is 2.50. The van der Waals surface area contributed by atoms with Crippen LogP contribution in [0, 0.1) is 0 Å². The van der Waals surface area contributed by atoms with Gasteiger partial charge in [-0.1, -0.05) is 24.3 Å². The van der Waals surface area contributed by atoms with Gasteiger partial charge < -0.3 is 19.7 Å². The van der Waals surface area contributed by atoms with Gasteiger partial charge in [-0.3, -0.25) is 0 Å². The molecule has 0 atom stereocenters. The van der Waals surface area contributed by atoms with E-state index in [-0.39, 0.29) is 0 Å². The summed E-state index contributed by atoms with van der Waals surface area (Å²) in [6.07, 6.45) is 0. The largest absolute Gasteiger partial charge is 0.489 e. The maximum absolute atomic E-state index is 9.23. The minimum Gasteiger partial charge on any atom is -0.489 e. The smallest absolute Gasteiger partial charge is 0.488 e. The zero-order valence-corrected chi connectivity index (χ0v) is 15.9. The van der Waals surface area contributed by atoms with Crippen molar-refractivity contribution in [1.82, 2.24) is 0 Å². The third-order valence-electron chi connectivity index (χ3n) is 4.14. The minimum absolute atomic E-state index is 0.333. The normalized spacial score (nSPS) is 10.9. The third-order valence-corrected chi connectivity index (χ3v) is 4.14. The molecule has 3 aromatic rings. The van der Waals surface area contributed by atoms with Gasteiger partial charge in [-0.05, 0) is 59.6 Å². The average molecular weight is 375 g/mol. The average Bonchev–Trinajstić information content (AvgIpc) is 2.72. The zero-order valence-electron chi connectivity index (χ0n) is 15.9. The van der Waals surface area contributed by atoms with E-state index in [1.54, 1.807) is 18.2 Å². The molecule has 7 heteroatoms. The number of azo groups is 1. The molecule has 0 saturated heterocycles. The second-order valence-electron chi connectivity index (χ2n) is 6.51. The fourth-order valence-corrected chi connectivity index (χ4v) is 2.55. The molecule has 142 valence electrons. The first-order valence-corrected chi connectivity index (χ1v) is 8.88. The van der Waals surface area contributed by atoms with E-state index in [1.165, 1.54) is 0 Å². The molecule has 0 fully saturated rings. The highest BCUT2D eigenvalue weighted by atomic mass is 16.5. The Morgan fingerprint density at radius 1 is 0.857 bits per heavy atom. The van der Waals surface area contributed by atoms with E-state index in [2.05, 4.69) is 10.2 Å². The molecule has 0 spiro atoms. The van der Waals surface area contributed by atoms with E-state index in [0.29, 0.717) is 17.8 Å². The van der Waals surface area contributed by atoms with Gasteiger partial charge in [0.2, 0.25) is 0 Å². The highest BCUT2D eigenvalue weighted by Gasteiger charge is 2.10. The molecule has 0 unspecified atom stereocenters. The molecule has 2 N–H and O–H groups in total. The van der Waals surface area contributed by atoms with Gasteiger partial charge >= 0.3 is 7.12 Å². The van der Waals surface area contributed by atoms with Crippen LogP contribution in [0.25, 0.3) is 0 Å². The lowest BCUT2D eigenvalue weighted by Gasteiger charge is -2.11. The van der Waals surface area contributed by atoms with Crippen molar-refractivity contribution in [2.45, 2.75) is 6.61 Å². The van der Waals surface area contributed by atoms with E-state index >= 15 is 0 Å². The lowest BCUT2D eigenvalue weighted by Crippen LogP contribution is -2.29. The van der Waals surface area contributed by atoms with Gasteiger partial charge in [0.1, 0.15) is 12.4 Å². The molecule has 6 nitrogen and oxygen atoms in total. The highest BCUT2D eigenvalue weighted by Crippen LogP contribution is 2.23. The number of rotatable bonds is 7. The third kappa shape index (κ3) is 5.42. The zero-order chi connectivity index (χ0) is 19.9. The molecule has 0 heterocycles. The van der Waals surface area contributed by atoms with Crippen LogP contribution in [0.15, 0.2) is 83.0 Å². The second-order valence-corrected chi connectivity index (χ2v) is 6.51. The van der Waals surface area contributed by atoms with Gasteiger partial charge in [0.05, 0.1) is 11.4 Å². The summed E-state index contributed by atoms with van der Waals surface area (Å²) < 4.78 is 5.74. The maximum atomic E-state index is 9.23. The molecule has 3 aromatic carbocycles. The molecule has 0 aromatic heterocycles. The van der Waals surface area contributed by atoms with Crippen LogP contribution in [0.2, 0.25) is 0 Å². The summed E-state index contributed by atoms with van der Waals surface area (Å²) in [6.45, 7) is 0.333. The van der Waals surface area contributed by atoms with Crippen LogP contribution in [0.5, 0.6) is 5.75 Å². The molecule has 0 aliphatic carbocycles. The van der Waals surface area contributed by atoms with Gasteiger partial charge in [-0.2, -0.15) is 10.2 Å². The quantitative estimate of drug-likeness (QED) is 0.490. The first-order valence-electron chi connectivity index (χ1n) is 8.88. The van der Waals surface area contributed by atoms with Crippen molar-refractivity contribution in [1.29, 1.82) is 0 Å². The Kier molecular flexibility index (Phi) is 6.42. The number of hydrogen-bond donors (Lipinski definition) is 2. The van der Waals surface area contributed by atoms with Crippen molar-refractivity contribution in [3.8, 4) is 5.75 Å². The Labute approximate surface area is 164 Å². The van der Waals surface area contributed by atoms with Crippen molar-refractivity contribution in [3.63, 3.8) is 0 Å². The molecule has 0 bridgehead atoms. The van der Waals surface area contributed by atoms with Crippen LogP contribution < -0.4 is 15.1 Å². The summed E-state index contributed by atoms with van der Waals surface area (Å²) in [5.41, 5.74) is 3.93. The van der Waals surface area contributed by atoms with Crippen molar-refractivity contribution in [2.75, 3.05) is 19.0 Å². The van der Waals surface area contributed by atoms with Crippen molar-refractivity contribution < 1.29 is 14.8 Å². The summed E-state index contributed by atoms with van der Waals surface area (Å²) in [6, 6.07) is 22.2. The van der Waals surface area contributed by atoms with Crippen molar-refractivity contribution >= 4 is 29.6 Å². The van der Waals surface area contributed by atoms with Crippen molar-refractivity contribution in [3.05, 3.63) is 78.4 Å². The fourth-order valence-electron chi connectivity index (χ4n) is 2.55.